The van der Waals surface area contributed by atoms with Gasteiger partial charge >= 0.3 is 5.97 Å². The van der Waals surface area contributed by atoms with Crippen LogP contribution in [0.25, 0.3) is 0 Å². The molecule has 3 rings (SSSR count). The molecule has 0 saturated carbocycles. The van der Waals surface area contributed by atoms with Gasteiger partial charge in [0.25, 0.3) is 29.5 Å². The molecular formula is C21H22N4O8. The molecule has 3 heterocycles. The first-order valence-electron chi connectivity index (χ1n) is 10.2. The molecule has 1 fully saturated rings. The quantitative estimate of drug-likeness (QED) is 0.381. The maximum absolute atomic E-state index is 12.8. The highest BCUT2D eigenvalue weighted by Crippen LogP contribution is 2.15. The van der Waals surface area contributed by atoms with Gasteiger partial charge in [-0.15, -0.1) is 5.06 Å². The molecule has 12 nitrogen and oxygen atoms in total. The van der Waals surface area contributed by atoms with Gasteiger partial charge in [-0.05, 0) is 6.08 Å². The molecule has 6 amide bonds. The molecule has 0 bridgehead atoms. The number of nitrogens with zero attached hydrogens (tertiary/aromatic N) is 4. The summed E-state index contributed by atoms with van der Waals surface area (Å²) in [6, 6.07) is 0. The molecule has 0 aliphatic carbocycles. The summed E-state index contributed by atoms with van der Waals surface area (Å²) in [6.45, 7) is 3.85. The number of carbonyl (C=O) groups excluding carboxylic acids is 7. The summed E-state index contributed by atoms with van der Waals surface area (Å²) in [5, 5.41) is 0.403. The Morgan fingerprint density at radius 1 is 0.818 bits per heavy atom. The summed E-state index contributed by atoms with van der Waals surface area (Å²) in [4.78, 5) is 91.7. The molecule has 1 saturated heterocycles. The molecule has 0 spiro atoms. The van der Waals surface area contributed by atoms with Crippen LogP contribution in [0.3, 0.4) is 0 Å². The summed E-state index contributed by atoms with van der Waals surface area (Å²) >= 11 is 0. The molecule has 12 heteroatoms. The van der Waals surface area contributed by atoms with Gasteiger partial charge in [0, 0.05) is 69.4 Å². The van der Waals surface area contributed by atoms with Crippen LogP contribution in [0.1, 0.15) is 25.7 Å². The van der Waals surface area contributed by atoms with Gasteiger partial charge in [0.1, 0.15) is 0 Å². The molecule has 0 atom stereocenters. The maximum atomic E-state index is 12.8. The van der Waals surface area contributed by atoms with E-state index in [9.17, 15) is 33.6 Å². The van der Waals surface area contributed by atoms with Gasteiger partial charge in [-0.3, -0.25) is 33.7 Å². The number of allylic oxidation sites excluding steroid dienone is 1. The van der Waals surface area contributed by atoms with Crippen LogP contribution in [0, 0.1) is 0 Å². The second-order valence-electron chi connectivity index (χ2n) is 7.40. The third kappa shape index (κ3) is 5.59. The average Bonchev–Trinajstić information content (AvgIpc) is 3.39. The van der Waals surface area contributed by atoms with Crippen molar-refractivity contribution >= 4 is 41.4 Å². The number of rotatable bonds is 10. The van der Waals surface area contributed by atoms with Crippen LogP contribution in [0.4, 0.5) is 0 Å². The van der Waals surface area contributed by atoms with E-state index in [4.69, 9.17) is 4.84 Å². The molecule has 0 unspecified atom stereocenters. The van der Waals surface area contributed by atoms with Crippen LogP contribution in [-0.4, -0.2) is 87.4 Å². The lowest BCUT2D eigenvalue weighted by Crippen LogP contribution is -2.44. The smallest absolute Gasteiger partial charge is 0.333 e. The third-order valence-electron chi connectivity index (χ3n) is 5.21. The Bertz CT molecular complexity index is 900. The lowest BCUT2D eigenvalue weighted by molar-refractivity contribution is -0.197. The van der Waals surface area contributed by atoms with Gasteiger partial charge in [0.05, 0.1) is 6.42 Å². The van der Waals surface area contributed by atoms with Crippen LogP contribution in [0.5, 0.6) is 0 Å². The maximum Gasteiger partial charge on any atom is 0.333 e. The highest BCUT2D eigenvalue weighted by Gasteiger charge is 2.33. The summed E-state index contributed by atoms with van der Waals surface area (Å²) < 4.78 is 0. The van der Waals surface area contributed by atoms with Crippen molar-refractivity contribution in [1.82, 2.24) is 19.8 Å². The fourth-order valence-electron chi connectivity index (χ4n) is 3.37. The van der Waals surface area contributed by atoms with Crippen molar-refractivity contribution in [3.63, 3.8) is 0 Å². The Kier molecular flexibility index (Phi) is 7.16. The molecule has 0 radical (unpaired) electrons. The fourth-order valence-corrected chi connectivity index (χ4v) is 3.37. The van der Waals surface area contributed by atoms with Crippen molar-refractivity contribution in [1.29, 1.82) is 0 Å². The van der Waals surface area contributed by atoms with E-state index in [0.29, 0.717) is 10.8 Å². The zero-order chi connectivity index (χ0) is 24.1. The lowest BCUT2D eigenvalue weighted by atomic mass is 10.2. The Labute approximate surface area is 188 Å². The van der Waals surface area contributed by atoms with Gasteiger partial charge in [-0.2, -0.15) is 0 Å². The topological polar surface area (TPSA) is 142 Å². The zero-order valence-electron chi connectivity index (χ0n) is 17.7. The van der Waals surface area contributed by atoms with Crippen LogP contribution < -0.4 is 0 Å². The van der Waals surface area contributed by atoms with E-state index in [2.05, 4.69) is 6.58 Å². The van der Waals surface area contributed by atoms with Crippen LogP contribution >= 0.6 is 0 Å². The van der Waals surface area contributed by atoms with Crippen molar-refractivity contribution in [2.75, 3.05) is 26.2 Å². The minimum atomic E-state index is -0.923. The minimum absolute atomic E-state index is 0.0158. The Hall–Kier alpha value is -4.09. The first-order chi connectivity index (χ1) is 15.7. The van der Waals surface area contributed by atoms with Crippen molar-refractivity contribution in [2.45, 2.75) is 25.7 Å². The number of hydroxylamine groups is 2. The number of amides is 6. The second-order valence-corrected chi connectivity index (χ2v) is 7.40. The fraction of sp³-hybridized carbons (Fsp3) is 0.381. The minimum Gasteiger partial charge on any atom is -0.339 e. The average molecular weight is 458 g/mol. The largest absolute Gasteiger partial charge is 0.339 e. The molecule has 0 aromatic heterocycles. The standard InChI is InChI=1S/C21H22N4O8/c1-14-2-3-16(27)23(14)12-10-22(11-13-24-17(28)4-5-18(24)29)15(26)8-9-21(32)33-25-19(30)6-7-20(25)31/h2-5H,1,6-13H2. The van der Waals surface area contributed by atoms with Crippen LogP contribution in [0.2, 0.25) is 0 Å². The first kappa shape index (κ1) is 23.6. The number of hydrogen-bond acceptors (Lipinski definition) is 8. The predicted molar refractivity (Wildman–Crippen MR) is 109 cm³/mol. The van der Waals surface area contributed by atoms with E-state index >= 15 is 0 Å². The van der Waals surface area contributed by atoms with Gasteiger partial charge < -0.3 is 14.6 Å². The third-order valence-corrected chi connectivity index (χ3v) is 5.21. The van der Waals surface area contributed by atoms with Crippen molar-refractivity contribution in [3.05, 3.63) is 36.6 Å². The normalized spacial score (nSPS) is 17.8. The first-order valence-corrected chi connectivity index (χ1v) is 10.2. The number of carbonyl (C=O) groups is 7. The molecular weight excluding hydrogens is 436 g/mol. The van der Waals surface area contributed by atoms with E-state index in [0.717, 1.165) is 17.1 Å². The molecule has 174 valence electrons. The highest BCUT2D eigenvalue weighted by molar-refractivity contribution is 6.12. The summed E-state index contributed by atoms with van der Waals surface area (Å²) in [5.74, 6) is -3.95. The van der Waals surface area contributed by atoms with Crippen molar-refractivity contribution in [3.8, 4) is 0 Å². The lowest BCUT2D eigenvalue weighted by Gasteiger charge is -2.27. The van der Waals surface area contributed by atoms with Crippen LogP contribution in [-0.2, 0) is 38.4 Å². The van der Waals surface area contributed by atoms with Gasteiger partial charge in [-0.1, -0.05) is 6.58 Å². The van der Waals surface area contributed by atoms with E-state index < -0.39 is 41.9 Å². The Morgan fingerprint density at radius 3 is 1.88 bits per heavy atom. The molecule has 0 aromatic rings. The van der Waals surface area contributed by atoms with Crippen molar-refractivity contribution in [2.24, 2.45) is 0 Å². The Morgan fingerprint density at radius 2 is 1.33 bits per heavy atom. The summed E-state index contributed by atoms with van der Waals surface area (Å²) in [6.07, 6.45) is 4.36. The molecule has 3 aliphatic heterocycles. The van der Waals surface area contributed by atoms with Gasteiger partial charge in [0.15, 0.2) is 0 Å². The van der Waals surface area contributed by atoms with E-state index in [1.807, 2.05) is 0 Å². The summed E-state index contributed by atoms with van der Waals surface area (Å²) in [7, 11) is 0. The SMILES string of the molecule is C=C1C=CC(=O)N1CCN(CCN1C(=O)C=CC1=O)C(=O)CCC(=O)ON1C(=O)CCC1=O. The van der Waals surface area contributed by atoms with Crippen molar-refractivity contribution < 1.29 is 38.4 Å². The highest BCUT2D eigenvalue weighted by atomic mass is 16.7. The molecule has 33 heavy (non-hydrogen) atoms. The van der Waals surface area contributed by atoms with Crippen LogP contribution in [0.15, 0.2) is 36.6 Å². The van der Waals surface area contributed by atoms with E-state index in [-0.39, 0.29) is 51.3 Å². The number of hydrogen-bond donors (Lipinski definition) is 0. The predicted octanol–water partition coefficient (Wildman–Crippen LogP) is -0.960. The molecule has 0 aromatic carbocycles. The van der Waals surface area contributed by atoms with Gasteiger partial charge in [-0.25, -0.2) is 4.79 Å². The summed E-state index contributed by atoms with van der Waals surface area (Å²) in [5.41, 5.74) is 0.463. The molecule has 0 N–H and O–H groups in total. The number of imide groups is 2. The monoisotopic (exact) mass is 458 g/mol. The second kappa shape index (κ2) is 10.0. The van der Waals surface area contributed by atoms with E-state index in [1.54, 1.807) is 6.08 Å². The zero-order valence-corrected chi connectivity index (χ0v) is 17.7. The Balaban J connectivity index is 1.56. The molecule has 3 aliphatic rings. The van der Waals surface area contributed by atoms with E-state index in [1.165, 1.54) is 15.9 Å². The van der Waals surface area contributed by atoms with Gasteiger partial charge in [0.2, 0.25) is 5.91 Å².